The van der Waals surface area contributed by atoms with Crippen LogP contribution in [-0.2, 0) is 0 Å². The van der Waals surface area contributed by atoms with Crippen molar-refractivity contribution in [2.45, 2.75) is 11.3 Å². The Morgan fingerprint density at radius 1 is 1.36 bits per heavy atom. The van der Waals surface area contributed by atoms with Crippen LogP contribution in [0.5, 0.6) is 0 Å². The maximum absolute atomic E-state index is 11.8. The van der Waals surface area contributed by atoms with E-state index >= 15 is 0 Å². The van der Waals surface area contributed by atoms with E-state index in [0.29, 0.717) is 12.2 Å². The fourth-order valence-corrected chi connectivity index (χ4v) is 4.97. The third-order valence-corrected chi connectivity index (χ3v) is 5.42. The predicted octanol–water partition coefficient (Wildman–Crippen LogP) is 1.68. The van der Waals surface area contributed by atoms with Crippen LogP contribution in [0.1, 0.15) is 22.3 Å². The van der Waals surface area contributed by atoms with Crippen LogP contribution in [0, 0.1) is 0 Å². The molecule has 0 saturated carbocycles. The first-order valence-electron chi connectivity index (χ1n) is 4.59. The zero-order valence-corrected chi connectivity index (χ0v) is 9.36. The molecule has 0 unspecified atom stereocenters. The molecule has 1 heterocycles. The van der Waals surface area contributed by atoms with Gasteiger partial charge in [0.25, 0.3) is 0 Å². The van der Waals surface area contributed by atoms with Crippen molar-refractivity contribution < 1.29 is 4.79 Å². The summed E-state index contributed by atoms with van der Waals surface area (Å²) in [7, 11) is 0.813. The fourth-order valence-electron chi connectivity index (χ4n) is 1.92. The third kappa shape index (κ3) is 1.12. The lowest BCUT2D eigenvalue weighted by Gasteiger charge is -2.13. The number of fused-ring (bicyclic) bond motifs is 3. The van der Waals surface area contributed by atoms with Crippen molar-refractivity contribution in [3.8, 4) is 0 Å². The van der Waals surface area contributed by atoms with Gasteiger partial charge in [-0.3, -0.25) is 4.79 Å². The third-order valence-electron chi connectivity index (χ3n) is 2.56. The Balaban J connectivity index is 2.30. The van der Waals surface area contributed by atoms with Crippen molar-refractivity contribution >= 4 is 38.3 Å². The highest BCUT2D eigenvalue weighted by molar-refractivity contribution is 8.01. The normalized spacial score (nSPS) is 18.1. The molecule has 1 aromatic carbocycles. The van der Waals surface area contributed by atoms with Crippen molar-refractivity contribution in [1.82, 2.24) is 0 Å². The van der Waals surface area contributed by atoms with Crippen LogP contribution >= 0.6 is 11.8 Å². The van der Waals surface area contributed by atoms with Gasteiger partial charge in [-0.2, -0.15) is 0 Å². The number of carbonyl (C=O) groups excluding carboxylic acids is 1. The van der Waals surface area contributed by atoms with Gasteiger partial charge in [-0.1, -0.05) is 18.2 Å². The van der Waals surface area contributed by atoms with E-state index in [1.165, 1.54) is 10.1 Å². The molecule has 0 N–H and O–H groups in total. The van der Waals surface area contributed by atoms with Crippen LogP contribution in [0.25, 0.3) is 6.08 Å². The molecule has 2 aliphatic rings. The molecular formula is C11H8OSSi. The quantitative estimate of drug-likeness (QED) is 0.614. The van der Waals surface area contributed by atoms with Gasteiger partial charge in [-0.15, -0.1) is 11.8 Å². The molecule has 0 aromatic heterocycles. The molecule has 0 saturated heterocycles. The second-order valence-corrected chi connectivity index (χ2v) is 6.13. The molecule has 1 nitrogen and oxygen atoms in total. The van der Waals surface area contributed by atoms with E-state index in [9.17, 15) is 4.79 Å². The monoisotopic (exact) mass is 216 g/mol. The number of ketones is 1. The van der Waals surface area contributed by atoms with Crippen LogP contribution in [-0.4, -0.2) is 20.7 Å². The minimum absolute atomic E-state index is 0.300. The number of rotatable bonds is 0. The highest BCUT2D eigenvalue weighted by atomic mass is 32.2. The minimum Gasteiger partial charge on any atom is -0.294 e. The molecule has 0 spiro atoms. The van der Waals surface area contributed by atoms with Crippen molar-refractivity contribution in [3.63, 3.8) is 0 Å². The summed E-state index contributed by atoms with van der Waals surface area (Å²) in [4.78, 5) is 13.1. The van der Waals surface area contributed by atoms with Crippen LogP contribution in [0.4, 0.5) is 0 Å². The fraction of sp³-hybridized carbons (Fsp3) is 0.182. The molecule has 3 rings (SSSR count). The van der Waals surface area contributed by atoms with Crippen molar-refractivity contribution in [2.24, 2.45) is 0 Å². The average Bonchev–Trinajstić information content (AvgIpc) is 2.65. The van der Waals surface area contributed by atoms with E-state index in [2.05, 4.69) is 18.2 Å². The standard InChI is InChI=1S/C11H8OSSi/c12-8-3-1-2-7-4-5-9-11(10(7)8)14-6-13-9/h1-2,4-5H,3,6H2. The van der Waals surface area contributed by atoms with E-state index in [1.807, 2.05) is 17.8 Å². The maximum atomic E-state index is 11.8. The van der Waals surface area contributed by atoms with Crippen molar-refractivity contribution in [3.05, 3.63) is 29.3 Å². The van der Waals surface area contributed by atoms with E-state index in [0.717, 1.165) is 26.0 Å². The molecule has 0 atom stereocenters. The first-order chi connectivity index (χ1) is 6.86. The molecule has 0 bridgehead atoms. The highest BCUT2D eigenvalue weighted by Gasteiger charge is 2.23. The Bertz CT molecular complexity index is 451. The first-order valence-corrected chi connectivity index (χ1v) is 6.79. The van der Waals surface area contributed by atoms with E-state index in [1.54, 1.807) is 0 Å². The lowest BCUT2D eigenvalue weighted by molar-refractivity contribution is 0.0995. The molecular weight excluding hydrogens is 208 g/mol. The number of hydrogen-bond acceptors (Lipinski definition) is 2. The molecule has 68 valence electrons. The summed E-state index contributed by atoms with van der Waals surface area (Å²) in [5.74, 6) is 0.300. The van der Waals surface area contributed by atoms with Crippen LogP contribution < -0.4 is 5.19 Å². The van der Waals surface area contributed by atoms with Crippen LogP contribution in [0.3, 0.4) is 0 Å². The van der Waals surface area contributed by atoms with Crippen LogP contribution in [0.2, 0.25) is 0 Å². The summed E-state index contributed by atoms with van der Waals surface area (Å²) in [6.45, 7) is 0. The largest absolute Gasteiger partial charge is 0.294 e. The number of carbonyl (C=O) groups is 1. The Kier molecular flexibility index (Phi) is 1.88. The SMILES string of the molecule is O=C1CC=Cc2ccc3c(c21)[Si]CS3. The van der Waals surface area contributed by atoms with E-state index in [4.69, 9.17) is 0 Å². The summed E-state index contributed by atoms with van der Waals surface area (Å²) in [5.41, 5.74) is 2.13. The van der Waals surface area contributed by atoms with Gasteiger partial charge < -0.3 is 0 Å². The number of Topliss-reactive ketones (excluding diaryl/α,β-unsaturated/α-hetero) is 1. The topological polar surface area (TPSA) is 17.1 Å². The van der Waals surface area contributed by atoms with Gasteiger partial charge in [0.15, 0.2) is 5.78 Å². The van der Waals surface area contributed by atoms with Gasteiger partial charge in [0, 0.05) is 16.9 Å². The maximum Gasteiger partial charge on any atom is 0.167 e. The van der Waals surface area contributed by atoms with Crippen molar-refractivity contribution in [2.75, 3.05) is 5.38 Å². The molecule has 0 fully saturated rings. The number of allylic oxidation sites excluding steroid dienone is 1. The van der Waals surface area contributed by atoms with Gasteiger partial charge in [0.2, 0.25) is 0 Å². The summed E-state index contributed by atoms with van der Waals surface area (Å²) >= 11 is 1.88. The number of hydrogen-bond donors (Lipinski definition) is 0. The van der Waals surface area contributed by atoms with E-state index in [-0.39, 0.29) is 0 Å². The zero-order valence-electron chi connectivity index (χ0n) is 7.54. The first kappa shape index (κ1) is 8.50. The number of benzene rings is 1. The second kappa shape index (κ2) is 3.10. The van der Waals surface area contributed by atoms with Gasteiger partial charge in [0.05, 0.1) is 9.52 Å². The second-order valence-electron chi connectivity index (χ2n) is 3.40. The Morgan fingerprint density at radius 3 is 3.21 bits per heavy atom. The van der Waals surface area contributed by atoms with Crippen LogP contribution in [0.15, 0.2) is 23.1 Å². The Morgan fingerprint density at radius 2 is 2.29 bits per heavy atom. The Labute approximate surface area is 89.4 Å². The summed E-state index contributed by atoms with van der Waals surface area (Å²) in [6.07, 6.45) is 4.62. The molecule has 14 heavy (non-hydrogen) atoms. The Hall–Kier alpha value is -0.803. The smallest absolute Gasteiger partial charge is 0.167 e. The molecule has 1 aliphatic heterocycles. The summed E-state index contributed by atoms with van der Waals surface area (Å²) < 4.78 is 0. The molecule has 3 heteroatoms. The highest BCUT2D eigenvalue weighted by Crippen LogP contribution is 2.27. The van der Waals surface area contributed by atoms with Crippen molar-refractivity contribution in [1.29, 1.82) is 0 Å². The summed E-state index contributed by atoms with van der Waals surface area (Å²) in [5, 5.41) is 2.48. The lowest BCUT2D eigenvalue weighted by Crippen LogP contribution is -2.24. The number of thioether (sulfide) groups is 1. The zero-order chi connectivity index (χ0) is 9.54. The van der Waals surface area contributed by atoms with Gasteiger partial charge in [-0.25, -0.2) is 0 Å². The van der Waals surface area contributed by atoms with Gasteiger partial charge >= 0.3 is 0 Å². The molecule has 2 radical (unpaired) electrons. The van der Waals surface area contributed by atoms with Gasteiger partial charge in [0.1, 0.15) is 0 Å². The minimum atomic E-state index is 0.300. The average molecular weight is 216 g/mol. The lowest BCUT2D eigenvalue weighted by atomic mass is 9.96. The predicted molar refractivity (Wildman–Crippen MR) is 60.5 cm³/mol. The van der Waals surface area contributed by atoms with Gasteiger partial charge in [-0.05, 0) is 22.2 Å². The van der Waals surface area contributed by atoms with E-state index < -0.39 is 0 Å². The molecule has 1 aromatic rings. The molecule has 0 amide bonds. The summed E-state index contributed by atoms with van der Waals surface area (Å²) in [6, 6.07) is 4.23. The molecule has 1 aliphatic carbocycles.